The molecule has 0 radical (unpaired) electrons. The fourth-order valence-electron chi connectivity index (χ4n) is 3.72. The molecule has 3 heterocycles. The fraction of sp³-hybridized carbons (Fsp3) is 0.316. The Labute approximate surface area is 177 Å². The summed E-state index contributed by atoms with van der Waals surface area (Å²) in [7, 11) is -2.73. The summed E-state index contributed by atoms with van der Waals surface area (Å²) in [6.07, 6.45) is 1.44. The van der Waals surface area contributed by atoms with E-state index in [9.17, 15) is 17.6 Å². The molecular weight excluding hydrogens is 435 g/mol. The number of benzene rings is 1. The van der Waals surface area contributed by atoms with Gasteiger partial charge in [-0.05, 0) is 29.8 Å². The molecule has 2 N–H and O–H groups in total. The Kier molecular flexibility index (Phi) is 5.03. The van der Waals surface area contributed by atoms with Gasteiger partial charge in [0.1, 0.15) is 17.1 Å². The molecule has 2 atom stereocenters. The van der Waals surface area contributed by atoms with E-state index in [1.165, 1.54) is 37.5 Å². The zero-order chi connectivity index (χ0) is 21.7. The summed E-state index contributed by atoms with van der Waals surface area (Å²) in [6.45, 7) is 0.0752. The smallest absolute Gasteiger partial charge is 0.267 e. The molecule has 11 heteroatoms. The summed E-state index contributed by atoms with van der Waals surface area (Å²) < 4.78 is 46.8. The molecule has 0 bridgehead atoms. The first-order valence-electron chi connectivity index (χ1n) is 9.03. The zero-order valence-electron chi connectivity index (χ0n) is 15.9. The van der Waals surface area contributed by atoms with Gasteiger partial charge in [0.2, 0.25) is 11.4 Å². The summed E-state index contributed by atoms with van der Waals surface area (Å²) in [5.74, 6) is -1.19. The maximum absolute atomic E-state index is 14.9. The zero-order valence-corrected chi connectivity index (χ0v) is 17.5. The maximum Gasteiger partial charge on any atom is 0.267 e. The van der Waals surface area contributed by atoms with Gasteiger partial charge >= 0.3 is 0 Å². The van der Waals surface area contributed by atoms with Crippen molar-refractivity contribution in [1.29, 1.82) is 0 Å². The third kappa shape index (κ3) is 3.24. The molecule has 2 aliphatic rings. The van der Waals surface area contributed by atoms with Gasteiger partial charge in [0.25, 0.3) is 10.0 Å². The van der Waals surface area contributed by atoms with E-state index < -0.39 is 26.8 Å². The summed E-state index contributed by atoms with van der Waals surface area (Å²) in [5, 5.41) is 0.404. The Morgan fingerprint density at radius 3 is 2.87 bits per heavy atom. The first kappa shape index (κ1) is 20.7. The number of Topliss-reactive ketones (excluding diaryl/α,β-unsaturated/α-hetero) is 1. The lowest BCUT2D eigenvalue weighted by atomic mass is 9.87. The summed E-state index contributed by atoms with van der Waals surface area (Å²) in [6, 6.07) is 7.16. The van der Waals surface area contributed by atoms with Crippen molar-refractivity contribution < 1.29 is 22.3 Å². The first-order chi connectivity index (χ1) is 14.1. The highest BCUT2D eigenvalue weighted by Gasteiger charge is 2.58. The van der Waals surface area contributed by atoms with E-state index in [1.807, 2.05) is 0 Å². The normalized spacial score (nSPS) is 25.0. The molecule has 1 saturated heterocycles. The van der Waals surface area contributed by atoms with Crippen LogP contribution in [0.2, 0.25) is 5.02 Å². The molecule has 2 aromatic rings. The molecule has 2 aliphatic heterocycles. The second-order valence-electron chi connectivity index (χ2n) is 7.14. The minimum Gasteiger partial charge on any atom is -0.369 e. The Balaban J connectivity index is 1.75. The van der Waals surface area contributed by atoms with Crippen LogP contribution in [0.25, 0.3) is 0 Å². The van der Waals surface area contributed by atoms with Gasteiger partial charge in [0.15, 0.2) is 5.78 Å². The lowest BCUT2D eigenvalue weighted by Gasteiger charge is -2.38. The highest BCUT2D eigenvalue weighted by atomic mass is 35.5. The minimum absolute atomic E-state index is 0.0268. The van der Waals surface area contributed by atoms with Crippen molar-refractivity contribution in [2.75, 3.05) is 13.7 Å². The van der Waals surface area contributed by atoms with Crippen LogP contribution in [0, 0.1) is 5.82 Å². The average Bonchev–Trinajstić information content (AvgIpc) is 3.14. The molecule has 158 valence electrons. The number of halogens is 2. The number of ketones is 1. The molecule has 4 rings (SSSR count). The summed E-state index contributed by atoms with van der Waals surface area (Å²) >= 11 is 5.79. The first-order valence-corrected chi connectivity index (χ1v) is 10.9. The summed E-state index contributed by atoms with van der Waals surface area (Å²) in [5.41, 5.74) is 3.64. The number of aliphatic imine (C=N–C) groups is 1. The van der Waals surface area contributed by atoms with Crippen molar-refractivity contribution in [3.8, 4) is 0 Å². The lowest BCUT2D eigenvalue weighted by Crippen LogP contribution is -2.55. The van der Waals surface area contributed by atoms with Crippen LogP contribution in [0.15, 0.2) is 41.5 Å². The van der Waals surface area contributed by atoms with E-state index in [-0.39, 0.29) is 42.4 Å². The number of nitrogens with zero attached hydrogens (tertiary/aromatic N) is 3. The SMILES string of the molecule is CN1C(N)=N[C@@]2(c3cc(CC(=O)c4ccc(Cl)cn4)ccc3F)CCOC2S1(=O)=O. The van der Waals surface area contributed by atoms with E-state index in [0.717, 1.165) is 4.31 Å². The number of carbonyl (C=O) groups is 1. The third-order valence-corrected chi connectivity index (χ3v) is 7.55. The number of aromatic nitrogens is 1. The Morgan fingerprint density at radius 1 is 1.40 bits per heavy atom. The monoisotopic (exact) mass is 452 g/mol. The van der Waals surface area contributed by atoms with Crippen LogP contribution in [0.4, 0.5) is 4.39 Å². The third-order valence-electron chi connectivity index (χ3n) is 5.31. The van der Waals surface area contributed by atoms with Gasteiger partial charge < -0.3 is 10.5 Å². The number of nitrogens with two attached hydrogens (primary N) is 1. The molecule has 1 fully saturated rings. The minimum atomic E-state index is -4.00. The second kappa shape index (κ2) is 7.29. The van der Waals surface area contributed by atoms with Crippen LogP contribution in [0.1, 0.15) is 28.0 Å². The maximum atomic E-state index is 14.9. The van der Waals surface area contributed by atoms with E-state index in [1.54, 1.807) is 6.07 Å². The Bertz CT molecular complexity index is 1160. The van der Waals surface area contributed by atoms with Crippen LogP contribution >= 0.6 is 11.6 Å². The van der Waals surface area contributed by atoms with E-state index in [0.29, 0.717) is 10.6 Å². The average molecular weight is 453 g/mol. The number of carbonyl (C=O) groups excluding carboxylic acids is 1. The van der Waals surface area contributed by atoms with Crippen molar-refractivity contribution in [2.24, 2.45) is 10.7 Å². The van der Waals surface area contributed by atoms with Crippen molar-refractivity contribution in [3.05, 3.63) is 64.2 Å². The quantitative estimate of drug-likeness (QED) is 0.708. The number of pyridine rings is 1. The van der Waals surface area contributed by atoms with Gasteiger partial charge in [0, 0.05) is 31.6 Å². The van der Waals surface area contributed by atoms with E-state index >= 15 is 0 Å². The predicted molar refractivity (Wildman–Crippen MR) is 108 cm³/mol. The van der Waals surface area contributed by atoms with E-state index in [4.69, 9.17) is 22.1 Å². The lowest BCUT2D eigenvalue weighted by molar-refractivity contribution is 0.0988. The van der Waals surface area contributed by atoms with Crippen molar-refractivity contribution in [3.63, 3.8) is 0 Å². The van der Waals surface area contributed by atoms with E-state index in [2.05, 4.69) is 9.98 Å². The second-order valence-corrected chi connectivity index (χ2v) is 9.58. The van der Waals surface area contributed by atoms with Crippen molar-refractivity contribution in [2.45, 2.75) is 23.8 Å². The molecule has 1 aromatic heterocycles. The molecular formula is C19H18ClFN4O4S. The molecule has 0 amide bonds. The largest absolute Gasteiger partial charge is 0.369 e. The molecule has 0 saturated carbocycles. The number of fused-ring (bicyclic) bond motifs is 1. The number of sulfonamides is 1. The van der Waals surface area contributed by atoms with Crippen LogP contribution in [0.3, 0.4) is 0 Å². The van der Waals surface area contributed by atoms with Gasteiger partial charge in [-0.1, -0.05) is 17.7 Å². The van der Waals surface area contributed by atoms with Crippen LogP contribution in [0.5, 0.6) is 0 Å². The summed E-state index contributed by atoms with van der Waals surface area (Å²) in [4.78, 5) is 20.9. The van der Waals surface area contributed by atoms with Gasteiger partial charge in [-0.3, -0.25) is 9.78 Å². The topological polar surface area (TPSA) is 115 Å². The van der Waals surface area contributed by atoms with Crippen molar-refractivity contribution in [1.82, 2.24) is 9.29 Å². The van der Waals surface area contributed by atoms with Crippen LogP contribution in [-0.4, -0.2) is 48.5 Å². The number of rotatable bonds is 4. The number of hydrogen-bond donors (Lipinski definition) is 1. The highest BCUT2D eigenvalue weighted by Crippen LogP contribution is 2.46. The molecule has 8 nitrogen and oxygen atoms in total. The highest BCUT2D eigenvalue weighted by molar-refractivity contribution is 7.90. The van der Waals surface area contributed by atoms with Gasteiger partial charge in [0.05, 0.1) is 11.6 Å². The molecule has 0 spiro atoms. The number of hydrogen-bond acceptors (Lipinski definition) is 7. The van der Waals surface area contributed by atoms with Crippen LogP contribution in [-0.2, 0) is 26.7 Å². The van der Waals surface area contributed by atoms with Crippen LogP contribution < -0.4 is 5.73 Å². The number of ether oxygens (including phenoxy) is 1. The Morgan fingerprint density at radius 2 is 2.17 bits per heavy atom. The predicted octanol–water partition coefficient (Wildman–Crippen LogP) is 1.83. The molecule has 30 heavy (non-hydrogen) atoms. The molecule has 1 unspecified atom stereocenters. The Hall–Kier alpha value is -2.56. The fourth-order valence-corrected chi connectivity index (χ4v) is 5.48. The van der Waals surface area contributed by atoms with Gasteiger partial charge in [-0.15, -0.1) is 0 Å². The molecule has 1 aromatic carbocycles. The molecule has 0 aliphatic carbocycles. The van der Waals surface area contributed by atoms with Crippen molar-refractivity contribution >= 4 is 33.4 Å². The van der Waals surface area contributed by atoms with Gasteiger partial charge in [-0.25, -0.2) is 22.1 Å². The number of guanidine groups is 1. The van der Waals surface area contributed by atoms with Gasteiger partial charge in [-0.2, -0.15) is 0 Å². The standard InChI is InChI=1S/C19H18ClFN4O4S/c1-25-18(22)24-19(6-7-29-17(19)30(25,27)28)13-8-11(2-4-14(13)21)9-16(26)15-5-3-12(20)10-23-15/h2-5,8,10,17H,6-7,9H2,1H3,(H2,22,24)/t17?,19-/m1/s1.